The molecule has 0 bridgehead atoms. The maximum Gasteiger partial charge on any atom is 0.332 e. The Hall–Kier alpha value is -4.12. The molecule has 0 aliphatic rings. The highest BCUT2D eigenvalue weighted by atomic mass is 32.2. The van der Waals surface area contributed by atoms with E-state index in [1.165, 1.54) is 23.4 Å². The van der Waals surface area contributed by atoms with Crippen LogP contribution in [0, 0.1) is 0 Å². The third-order valence-corrected chi connectivity index (χ3v) is 6.58. The van der Waals surface area contributed by atoms with Gasteiger partial charge in [-0.05, 0) is 29.8 Å². The number of benzene rings is 2. The lowest BCUT2D eigenvalue weighted by atomic mass is 10.2. The number of carbonyl (C=O) groups is 2. The van der Waals surface area contributed by atoms with Gasteiger partial charge in [0.1, 0.15) is 0 Å². The Morgan fingerprint density at radius 1 is 0.889 bits per heavy atom. The Balaban J connectivity index is 1.57. The van der Waals surface area contributed by atoms with E-state index < -0.39 is 11.2 Å². The van der Waals surface area contributed by atoms with E-state index in [0.717, 1.165) is 10.1 Å². The fourth-order valence-electron chi connectivity index (χ4n) is 3.66. The number of hydrogen-bond donors (Lipinski definition) is 2. The van der Waals surface area contributed by atoms with Crippen LogP contribution in [0.4, 0.5) is 11.4 Å². The fraction of sp³-hybridized carbons (Fsp3) is 0.240. The molecule has 0 unspecified atom stereocenters. The number of aromatic nitrogens is 4. The standard InChI is InChI=1S/C25H26N6O4S/c1-4-19(32)26-17-10-12-18(13-11-17)27-20(33)15-36-24-28-22-21(23(34)30(3)25(35)29(22)2)31(24)14-16-8-6-5-7-9-16/h5-13H,4,14-15H2,1-3H3,(H,26,32)(H,27,33). The molecular weight excluding hydrogens is 480 g/mol. The zero-order chi connectivity index (χ0) is 25.8. The highest BCUT2D eigenvalue weighted by Gasteiger charge is 2.20. The Bertz CT molecular complexity index is 1540. The number of nitrogens with zero attached hydrogens (tertiary/aromatic N) is 4. The zero-order valence-corrected chi connectivity index (χ0v) is 21.0. The Morgan fingerprint density at radius 2 is 1.50 bits per heavy atom. The summed E-state index contributed by atoms with van der Waals surface area (Å²) in [5.41, 5.74) is 1.85. The molecule has 0 aliphatic heterocycles. The summed E-state index contributed by atoms with van der Waals surface area (Å²) in [6, 6.07) is 16.4. The molecule has 0 aliphatic carbocycles. The molecule has 2 N–H and O–H groups in total. The van der Waals surface area contributed by atoms with Gasteiger partial charge in [0.05, 0.1) is 12.3 Å². The zero-order valence-electron chi connectivity index (χ0n) is 20.1. The second-order valence-corrected chi connectivity index (χ2v) is 9.10. The summed E-state index contributed by atoms with van der Waals surface area (Å²) in [4.78, 5) is 54.2. The molecule has 2 amide bonds. The first-order valence-electron chi connectivity index (χ1n) is 11.3. The SMILES string of the molecule is CCC(=O)Nc1ccc(NC(=O)CSc2nc3c(c(=O)n(C)c(=O)n3C)n2Cc2ccccc2)cc1. The van der Waals surface area contributed by atoms with Crippen LogP contribution in [-0.2, 0) is 30.2 Å². The molecule has 0 spiro atoms. The van der Waals surface area contributed by atoms with Gasteiger partial charge < -0.3 is 15.2 Å². The van der Waals surface area contributed by atoms with Gasteiger partial charge in [-0.3, -0.25) is 23.5 Å². The molecule has 0 atom stereocenters. The lowest BCUT2D eigenvalue weighted by Gasteiger charge is -2.10. The van der Waals surface area contributed by atoms with Crippen LogP contribution < -0.4 is 21.9 Å². The van der Waals surface area contributed by atoms with Crippen molar-refractivity contribution in [1.82, 2.24) is 18.7 Å². The third-order valence-electron chi connectivity index (χ3n) is 5.60. The molecule has 186 valence electrons. The minimum Gasteiger partial charge on any atom is -0.326 e. The van der Waals surface area contributed by atoms with Crippen LogP contribution in [0.3, 0.4) is 0 Å². The lowest BCUT2D eigenvalue weighted by molar-refractivity contribution is -0.116. The maximum absolute atomic E-state index is 13.0. The first-order chi connectivity index (χ1) is 17.3. The summed E-state index contributed by atoms with van der Waals surface area (Å²) in [6.07, 6.45) is 0.380. The largest absolute Gasteiger partial charge is 0.332 e. The molecule has 2 aromatic carbocycles. The number of rotatable bonds is 8. The van der Waals surface area contributed by atoms with E-state index in [9.17, 15) is 19.2 Å². The first kappa shape index (κ1) is 25.0. The Labute approximate surface area is 211 Å². The summed E-state index contributed by atoms with van der Waals surface area (Å²) in [6.45, 7) is 2.13. The van der Waals surface area contributed by atoms with Crippen molar-refractivity contribution in [1.29, 1.82) is 0 Å². The highest BCUT2D eigenvalue weighted by Crippen LogP contribution is 2.23. The van der Waals surface area contributed by atoms with E-state index in [1.807, 2.05) is 30.3 Å². The molecule has 11 heteroatoms. The molecular formula is C25H26N6O4S. The van der Waals surface area contributed by atoms with Crippen LogP contribution >= 0.6 is 11.8 Å². The van der Waals surface area contributed by atoms with Crippen molar-refractivity contribution >= 4 is 46.1 Å². The molecule has 2 aromatic heterocycles. The minimum absolute atomic E-state index is 0.0424. The second-order valence-electron chi connectivity index (χ2n) is 8.16. The predicted octanol–water partition coefficient (Wildman–Crippen LogP) is 2.56. The van der Waals surface area contributed by atoms with Crippen molar-refractivity contribution in [3.05, 3.63) is 81.0 Å². The van der Waals surface area contributed by atoms with Gasteiger partial charge >= 0.3 is 5.69 Å². The topological polar surface area (TPSA) is 120 Å². The van der Waals surface area contributed by atoms with Gasteiger partial charge in [-0.25, -0.2) is 9.78 Å². The van der Waals surface area contributed by atoms with Gasteiger partial charge in [0, 0.05) is 31.9 Å². The maximum atomic E-state index is 13.0. The van der Waals surface area contributed by atoms with Gasteiger partial charge in [0.15, 0.2) is 16.3 Å². The second kappa shape index (κ2) is 10.6. The monoisotopic (exact) mass is 506 g/mol. The third kappa shape index (κ3) is 5.25. The number of fused-ring (bicyclic) bond motifs is 1. The van der Waals surface area contributed by atoms with Crippen LogP contribution in [0.5, 0.6) is 0 Å². The smallest absolute Gasteiger partial charge is 0.326 e. The average Bonchev–Trinajstić information content (AvgIpc) is 3.24. The van der Waals surface area contributed by atoms with Crippen molar-refractivity contribution in [2.75, 3.05) is 16.4 Å². The van der Waals surface area contributed by atoms with Crippen molar-refractivity contribution < 1.29 is 9.59 Å². The van der Waals surface area contributed by atoms with E-state index in [4.69, 9.17) is 0 Å². The van der Waals surface area contributed by atoms with E-state index in [1.54, 1.807) is 42.8 Å². The highest BCUT2D eigenvalue weighted by molar-refractivity contribution is 7.99. The van der Waals surface area contributed by atoms with Crippen molar-refractivity contribution in [2.24, 2.45) is 14.1 Å². The summed E-state index contributed by atoms with van der Waals surface area (Å²) in [5, 5.41) is 6.03. The Morgan fingerprint density at radius 3 is 2.11 bits per heavy atom. The van der Waals surface area contributed by atoms with Crippen LogP contribution in [0.2, 0.25) is 0 Å². The molecule has 2 heterocycles. The molecule has 10 nitrogen and oxygen atoms in total. The minimum atomic E-state index is -0.468. The van der Waals surface area contributed by atoms with Gasteiger partial charge in [-0.1, -0.05) is 49.0 Å². The van der Waals surface area contributed by atoms with Crippen molar-refractivity contribution in [3.8, 4) is 0 Å². The molecule has 0 fully saturated rings. The number of amides is 2. The summed E-state index contributed by atoms with van der Waals surface area (Å²) in [7, 11) is 3.00. The number of nitrogens with one attached hydrogen (secondary N) is 2. The molecule has 4 aromatic rings. The van der Waals surface area contributed by atoms with E-state index in [-0.39, 0.29) is 23.2 Å². The van der Waals surface area contributed by atoms with E-state index in [2.05, 4.69) is 15.6 Å². The van der Waals surface area contributed by atoms with E-state index in [0.29, 0.717) is 35.0 Å². The van der Waals surface area contributed by atoms with Gasteiger partial charge in [-0.15, -0.1) is 0 Å². The van der Waals surface area contributed by atoms with Crippen LogP contribution in [0.15, 0.2) is 69.3 Å². The molecule has 36 heavy (non-hydrogen) atoms. The fourth-order valence-corrected chi connectivity index (χ4v) is 4.46. The van der Waals surface area contributed by atoms with Gasteiger partial charge in [-0.2, -0.15) is 0 Å². The molecule has 4 rings (SSSR count). The Kier molecular flexibility index (Phi) is 7.39. The quantitative estimate of drug-likeness (QED) is 0.355. The number of carbonyl (C=O) groups excluding carboxylic acids is 2. The number of hydrogen-bond acceptors (Lipinski definition) is 6. The number of thioether (sulfide) groups is 1. The van der Waals surface area contributed by atoms with Crippen molar-refractivity contribution in [3.63, 3.8) is 0 Å². The number of imidazole rings is 1. The lowest BCUT2D eigenvalue weighted by Crippen LogP contribution is -2.37. The van der Waals surface area contributed by atoms with Crippen LogP contribution in [-0.4, -0.2) is 36.3 Å². The molecule has 0 radical (unpaired) electrons. The summed E-state index contributed by atoms with van der Waals surface area (Å²) < 4.78 is 4.13. The number of aryl methyl sites for hydroxylation is 1. The number of anilines is 2. The van der Waals surface area contributed by atoms with Crippen molar-refractivity contribution in [2.45, 2.75) is 25.0 Å². The summed E-state index contributed by atoms with van der Waals surface area (Å²) >= 11 is 1.18. The molecule has 0 saturated carbocycles. The van der Waals surface area contributed by atoms with E-state index >= 15 is 0 Å². The van der Waals surface area contributed by atoms with Gasteiger partial charge in [0.25, 0.3) is 5.56 Å². The summed E-state index contributed by atoms with van der Waals surface area (Å²) in [5.74, 6) is -0.305. The molecule has 0 saturated heterocycles. The first-order valence-corrected chi connectivity index (χ1v) is 12.3. The van der Waals surface area contributed by atoms with Gasteiger partial charge in [0.2, 0.25) is 11.8 Å². The average molecular weight is 507 g/mol. The predicted molar refractivity (Wildman–Crippen MR) is 140 cm³/mol. The van der Waals surface area contributed by atoms with Crippen LogP contribution in [0.1, 0.15) is 18.9 Å². The van der Waals surface area contributed by atoms with Crippen LogP contribution in [0.25, 0.3) is 11.2 Å². The normalized spacial score (nSPS) is 11.0.